The second-order valence-corrected chi connectivity index (χ2v) is 7.91. The van der Waals surface area contributed by atoms with Gasteiger partial charge in [0.05, 0.1) is 19.1 Å². The minimum Gasteiger partial charge on any atom is -0.493 e. The molecular weight excluding hydrogens is 424 g/mol. The van der Waals surface area contributed by atoms with Gasteiger partial charge in [-0.3, -0.25) is 15.1 Å². The molecule has 0 saturated heterocycles. The molecule has 0 aliphatic rings. The summed E-state index contributed by atoms with van der Waals surface area (Å²) in [5, 5.41) is 9.12. The van der Waals surface area contributed by atoms with Gasteiger partial charge in [0.1, 0.15) is 0 Å². The van der Waals surface area contributed by atoms with Gasteiger partial charge in [-0.2, -0.15) is 0 Å². The van der Waals surface area contributed by atoms with Crippen LogP contribution in [-0.2, 0) is 6.42 Å². The number of anilines is 1. The van der Waals surface area contributed by atoms with Crippen LogP contribution in [-0.4, -0.2) is 37.6 Å². The van der Waals surface area contributed by atoms with Gasteiger partial charge in [0.2, 0.25) is 5.96 Å². The number of ether oxygens (including phenoxy) is 2. The first kappa shape index (κ1) is 21.5. The molecular formula is C24H24N4O3S. The van der Waals surface area contributed by atoms with Crippen LogP contribution in [0.3, 0.4) is 0 Å². The number of aliphatic imine (C=N–C) groups is 1. The summed E-state index contributed by atoms with van der Waals surface area (Å²) in [4.78, 5) is 21.2. The van der Waals surface area contributed by atoms with Gasteiger partial charge >= 0.3 is 0 Å². The third kappa shape index (κ3) is 4.92. The minimum absolute atomic E-state index is 0.209. The molecule has 0 radical (unpaired) electrons. The lowest BCUT2D eigenvalue weighted by atomic mass is 10.1. The van der Waals surface area contributed by atoms with Crippen LogP contribution in [0.4, 0.5) is 5.69 Å². The number of nitrogens with zero attached hydrogens (tertiary/aromatic N) is 1. The number of methoxy groups -OCH3 is 2. The van der Waals surface area contributed by atoms with E-state index in [9.17, 15) is 4.79 Å². The van der Waals surface area contributed by atoms with E-state index < -0.39 is 0 Å². The Labute approximate surface area is 190 Å². The highest BCUT2D eigenvalue weighted by atomic mass is 32.1. The van der Waals surface area contributed by atoms with Crippen LogP contribution in [0.2, 0.25) is 0 Å². The monoisotopic (exact) mass is 448 g/mol. The Morgan fingerprint density at radius 2 is 1.91 bits per heavy atom. The van der Waals surface area contributed by atoms with E-state index in [1.807, 2.05) is 41.9 Å². The maximum Gasteiger partial charge on any atom is 0.268 e. The number of fused-ring (bicyclic) bond motifs is 1. The van der Waals surface area contributed by atoms with Gasteiger partial charge in [-0.25, -0.2) is 0 Å². The number of aromatic amines is 1. The minimum atomic E-state index is -0.209. The normalized spacial score (nSPS) is 11.4. The number of amides is 1. The Morgan fingerprint density at radius 1 is 1.06 bits per heavy atom. The quantitative estimate of drug-likeness (QED) is 0.283. The summed E-state index contributed by atoms with van der Waals surface area (Å²) in [6.07, 6.45) is 2.74. The SMILES string of the molecule is COc1ccc(NC(=NCCc2c[nH]c3ccccc23)NC(=O)c2cccs2)cc1OC. The molecule has 0 unspecified atom stereocenters. The molecule has 7 nitrogen and oxygen atoms in total. The summed E-state index contributed by atoms with van der Waals surface area (Å²) in [6, 6.07) is 17.2. The van der Waals surface area contributed by atoms with Crippen LogP contribution in [0, 0.1) is 0 Å². The third-order valence-electron chi connectivity index (χ3n) is 4.95. The number of para-hydroxylation sites is 1. The van der Waals surface area contributed by atoms with Crippen molar-refractivity contribution >= 4 is 39.8 Å². The first-order valence-corrected chi connectivity index (χ1v) is 11.0. The fraction of sp³-hybridized carbons (Fsp3) is 0.167. The molecule has 2 aromatic heterocycles. The largest absolute Gasteiger partial charge is 0.493 e. The second kappa shape index (κ2) is 10.0. The molecule has 0 spiro atoms. The Balaban J connectivity index is 1.53. The summed E-state index contributed by atoms with van der Waals surface area (Å²) in [6.45, 7) is 0.502. The molecule has 0 bridgehead atoms. The number of thiophene rings is 1. The molecule has 1 amide bonds. The van der Waals surface area contributed by atoms with E-state index in [0.29, 0.717) is 28.9 Å². The van der Waals surface area contributed by atoms with E-state index in [1.54, 1.807) is 32.4 Å². The number of H-pyrrole nitrogens is 1. The van der Waals surface area contributed by atoms with E-state index in [2.05, 4.69) is 26.7 Å². The maximum atomic E-state index is 12.6. The Morgan fingerprint density at radius 3 is 2.69 bits per heavy atom. The number of rotatable bonds is 7. The van der Waals surface area contributed by atoms with Crippen LogP contribution in [0.5, 0.6) is 11.5 Å². The van der Waals surface area contributed by atoms with Crippen molar-refractivity contribution in [1.29, 1.82) is 0 Å². The highest BCUT2D eigenvalue weighted by Gasteiger charge is 2.12. The molecule has 3 N–H and O–H groups in total. The van der Waals surface area contributed by atoms with Gasteiger partial charge < -0.3 is 19.8 Å². The molecule has 0 atom stereocenters. The van der Waals surface area contributed by atoms with Crippen LogP contribution < -0.4 is 20.1 Å². The molecule has 8 heteroatoms. The van der Waals surface area contributed by atoms with E-state index in [1.165, 1.54) is 22.3 Å². The predicted octanol–water partition coefficient (Wildman–Crippen LogP) is 4.69. The highest BCUT2D eigenvalue weighted by Crippen LogP contribution is 2.29. The average Bonchev–Trinajstić information content (AvgIpc) is 3.49. The van der Waals surface area contributed by atoms with Crippen molar-refractivity contribution in [2.24, 2.45) is 4.99 Å². The van der Waals surface area contributed by atoms with Crippen LogP contribution in [0.1, 0.15) is 15.2 Å². The third-order valence-corrected chi connectivity index (χ3v) is 5.82. The standard InChI is InChI=1S/C24H24N4O3S/c1-30-20-10-9-17(14-21(20)31-2)27-24(28-23(29)22-8-5-13-32-22)25-12-11-16-15-26-19-7-4-3-6-18(16)19/h3-10,13-15,26H,11-12H2,1-2H3,(H2,25,27,28,29). The van der Waals surface area contributed by atoms with Crippen molar-refractivity contribution in [3.63, 3.8) is 0 Å². The van der Waals surface area contributed by atoms with Gasteiger partial charge in [-0.05, 0) is 41.6 Å². The van der Waals surface area contributed by atoms with Crippen molar-refractivity contribution in [2.75, 3.05) is 26.1 Å². The molecule has 2 aromatic carbocycles. The lowest BCUT2D eigenvalue weighted by Crippen LogP contribution is -2.36. The molecule has 4 aromatic rings. The molecule has 2 heterocycles. The van der Waals surface area contributed by atoms with E-state index in [0.717, 1.165) is 17.6 Å². The number of hydrogen-bond acceptors (Lipinski definition) is 5. The molecule has 4 rings (SSSR count). The fourth-order valence-corrected chi connectivity index (χ4v) is 3.98. The van der Waals surface area contributed by atoms with Gasteiger partial charge in [0.25, 0.3) is 5.91 Å². The molecule has 0 aliphatic carbocycles. The zero-order valence-corrected chi connectivity index (χ0v) is 18.7. The molecule has 32 heavy (non-hydrogen) atoms. The van der Waals surface area contributed by atoms with Gasteiger partial charge in [0, 0.05) is 35.4 Å². The number of nitrogens with one attached hydrogen (secondary N) is 3. The summed E-state index contributed by atoms with van der Waals surface area (Å²) in [5.41, 5.74) is 3.00. The number of carbonyl (C=O) groups excluding carboxylic acids is 1. The van der Waals surface area contributed by atoms with Crippen LogP contribution in [0.25, 0.3) is 10.9 Å². The fourth-order valence-electron chi connectivity index (χ4n) is 3.36. The van der Waals surface area contributed by atoms with E-state index >= 15 is 0 Å². The van der Waals surface area contributed by atoms with Crippen LogP contribution in [0.15, 0.2) is 71.2 Å². The van der Waals surface area contributed by atoms with Gasteiger partial charge in [-0.15, -0.1) is 11.3 Å². The second-order valence-electron chi connectivity index (χ2n) is 6.97. The van der Waals surface area contributed by atoms with Crippen molar-refractivity contribution in [3.8, 4) is 11.5 Å². The number of hydrogen-bond donors (Lipinski definition) is 3. The number of carbonyl (C=O) groups is 1. The topological polar surface area (TPSA) is 87.7 Å². The molecule has 0 aliphatic heterocycles. The summed E-state index contributed by atoms with van der Waals surface area (Å²) < 4.78 is 10.7. The maximum absolute atomic E-state index is 12.6. The average molecular weight is 449 g/mol. The Kier molecular flexibility index (Phi) is 6.72. The molecule has 164 valence electrons. The Hall–Kier alpha value is -3.78. The van der Waals surface area contributed by atoms with Crippen molar-refractivity contribution in [2.45, 2.75) is 6.42 Å². The van der Waals surface area contributed by atoms with Crippen molar-refractivity contribution in [3.05, 3.63) is 76.6 Å². The summed E-state index contributed by atoms with van der Waals surface area (Å²) >= 11 is 1.38. The van der Waals surface area contributed by atoms with Crippen molar-refractivity contribution in [1.82, 2.24) is 10.3 Å². The number of aromatic nitrogens is 1. The van der Waals surface area contributed by atoms with Crippen LogP contribution >= 0.6 is 11.3 Å². The van der Waals surface area contributed by atoms with E-state index in [-0.39, 0.29) is 5.91 Å². The first-order chi connectivity index (χ1) is 15.7. The zero-order chi connectivity index (χ0) is 22.3. The van der Waals surface area contributed by atoms with E-state index in [4.69, 9.17) is 9.47 Å². The lowest BCUT2D eigenvalue weighted by molar-refractivity contribution is 0.0981. The highest BCUT2D eigenvalue weighted by molar-refractivity contribution is 7.12. The number of benzene rings is 2. The Bertz CT molecular complexity index is 1230. The molecule has 0 fully saturated rings. The predicted molar refractivity (Wildman–Crippen MR) is 129 cm³/mol. The summed E-state index contributed by atoms with van der Waals surface area (Å²) in [5.74, 6) is 1.37. The number of guanidine groups is 1. The first-order valence-electron chi connectivity index (χ1n) is 10.1. The van der Waals surface area contributed by atoms with Crippen molar-refractivity contribution < 1.29 is 14.3 Å². The summed E-state index contributed by atoms with van der Waals surface area (Å²) in [7, 11) is 3.17. The smallest absolute Gasteiger partial charge is 0.268 e. The zero-order valence-electron chi connectivity index (χ0n) is 17.8. The van der Waals surface area contributed by atoms with Gasteiger partial charge in [-0.1, -0.05) is 24.3 Å². The van der Waals surface area contributed by atoms with Gasteiger partial charge in [0.15, 0.2) is 11.5 Å². The molecule has 0 saturated carbocycles. The lowest BCUT2D eigenvalue weighted by Gasteiger charge is -2.14.